The topological polar surface area (TPSA) is 65.8 Å². The molecular formula is C17H22N2O3S. The zero-order chi connectivity index (χ0) is 16.4. The van der Waals surface area contributed by atoms with Crippen molar-refractivity contribution in [2.24, 2.45) is 5.92 Å². The van der Waals surface area contributed by atoms with Crippen LogP contribution in [-0.4, -0.2) is 46.4 Å². The van der Waals surface area contributed by atoms with Gasteiger partial charge in [-0.2, -0.15) is 0 Å². The van der Waals surface area contributed by atoms with Gasteiger partial charge in [-0.25, -0.2) is 4.98 Å². The predicted octanol–water partition coefficient (Wildman–Crippen LogP) is 2.73. The lowest BCUT2D eigenvalue weighted by atomic mass is 9.96. The number of methoxy groups -OCH3 is 1. The lowest BCUT2D eigenvalue weighted by molar-refractivity contribution is 0.0255. The molecule has 1 saturated heterocycles. The van der Waals surface area contributed by atoms with Crippen molar-refractivity contribution in [3.63, 3.8) is 0 Å². The molecule has 124 valence electrons. The third-order valence-electron chi connectivity index (χ3n) is 4.37. The van der Waals surface area contributed by atoms with Gasteiger partial charge in [0.15, 0.2) is 11.5 Å². The molecule has 2 N–H and O–H groups in total. The Morgan fingerprint density at radius 3 is 3.00 bits per heavy atom. The lowest BCUT2D eigenvalue weighted by Crippen LogP contribution is -2.42. The number of β-amino-alcohol motifs (C(OH)–C–C–N with tert-alkyl or cyclic N) is 1. The molecule has 0 spiro atoms. The van der Waals surface area contributed by atoms with Gasteiger partial charge in [-0.1, -0.05) is 6.92 Å². The highest BCUT2D eigenvalue weighted by molar-refractivity contribution is 7.13. The van der Waals surface area contributed by atoms with Crippen molar-refractivity contribution in [2.75, 3.05) is 20.2 Å². The second-order valence-electron chi connectivity index (χ2n) is 6.10. The first-order chi connectivity index (χ1) is 11.1. The van der Waals surface area contributed by atoms with Crippen LogP contribution in [0, 0.1) is 5.92 Å². The number of aliphatic hydroxyl groups is 1. The maximum atomic E-state index is 10.00. The van der Waals surface area contributed by atoms with Crippen LogP contribution in [0.25, 0.3) is 10.6 Å². The number of phenolic OH excluding ortho intramolecular Hbond substituents is 1. The quantitative estimate of drug-likeness (QED) is 0.900. The smallest absolute Gasteiger partial charge is 0.161 e. The average molecular weight is 334 g/mol. The molecule has 5 nitrogen and oxygen atoms in total. The predicted molar refractivity (Wildman–Crippen MR) is 90.8 cm³/mol. The molecule has 1 aliphatic heterocycles. The number of hydrogen-bond donors (Lipinski definition) is 2. The van der Waals surface area contributed by atoms with Crippen LogP contribution in [0.15, 0.2) is 23.6 Å². The first-order valence-corrected chi connectivity index (χ1v) is 8.67. The molecule has 0 amide bonds. The van der Waals surface area contributed by atoms with Gasteiger partial charge in [0, 0.05) is 24.0 Å². The highest BCUT2D eigenvalue weighted by atomic mass is 32.1. The third-order valence-corrected chi connectivity index (χ3v) is 5.31. The van der Waals surface area contributed by atoms with Crippen molar-refractivity contribution in [1.82, 2.24) is 9.88 Å². The summed E-state index contributed by atoms with van der Waals surface area (Å²) in [5.41, 5.74) is 1.95. The van der Waals surface area contributed by atoms with Crippen molar-refractivity contribution in [1.29, 1.82) is 0 Å². The molecule has 0 aliphatic carbocycles. The molecule has 1 aromatic carbocycles. The Bertz CT molecular complexity index is 674. The second kappa shape index (κ2) is 6.86. The number of piperidine rings is 1. The van der Waals surface area contributed by atoms with Crippen LogP contribution in [0.1, 0.15) is 19.0 Å². The monoisotopic (exact) mass is 334 g/mol. The van der Waals surface area contributed by atoms with E-state index in [4.69, 9.17) is 4.74 Å². The van der Waals surface area contributed by atoms with Crippen LogP contribution >= 0.6 is 11.3 Å². The van der Waals surface area contributed by atoms with Gasteiger partial charge in [0.25, 0.3) is 0 Å². The fourth-order valence-corrected chi connectivity index (χ4v) is 3.62. The lowest BCUT2D eigenvalue weighted by Gasteiger charge is -2.33. The largest absolute Gasteiger partial charge is 0.504 e. The number of aromatic nitrogens is 1. The minimum absolute atomic E-state index is 0.129. The van der Waals surface area contributed by atoms with Crippen molar-refractivity contribution in [3.05, 3.63) is 29.3 Å². The number of thiazole rings is 1. The Kier molecular flexibility index (Phi) is 4.84. The fourth-order valence-electron chi connectivity index (χ4n) is 2.81. The Morgan fingerprint density at radius 2 is 2.26 bits per heavy atom. The van der Waals surface area contributed by atoms with E-state index < -0.39 is 0 Å². The number of ether oxygens (including phenoxy) is 1. The zero-order valence-electron chi connectivity index (χ0n) is 13.4. The molecule has 0 bridgehead atoms. The van der Waals surface area contributed by atoms with Gasteiger partial charge in [-0.05, 0) is 37.1 Å². The van der Waals surface area contributed by atoms with E-state index in [1.807, 2.05) is 6.07 Å². The molecule has 2 unspecified atom stereocenters. The molecule has 1 fully saturated rings. The maximum Gasteiger partial charge on any atom is 0.161 e. The van der Waals surface area contributed by atoms with Crippen LogP contribution in [0.3, 0.4) is 0 Å². The Hall–Kier alpha value is -1.63. The van der Waals surface area contributed by atoms with E-state index in [1.54, 1.807) is 23.5 Å². The minimum atomic E-state index is -0.247. The molecule has 1 aliphatic rings. The summed E-state index contributed by atoms with van der Waals surface area (Å²) in [5.74, 6) is 0.957. The minimum Gasteiger partial charge on any atom is -0.504 e. The van der Waals surface area contributed by atoms with Crippen LogP contribution in [-0.2, 0) is 6.54 Å². The number of hydrogen-bond acceptors (Lipinski definition) is 6. The maximum absolute atomic E-state index is 10.00. The first kappa shape index (κ1) is 16.2. The number of aromatic hydroxyl groups is 1. The van der Waals surface area contributed by atoms with E-state index in [-0.39, 0.29) is 11.9 Å². The SMILES string of the molecule is COc1cc(-c2nc(CN3CCC(C)C(O)C3)cs2)ccc1O. The summed E-state index contributed by atoms with van der Waals surface area (Å²) >= 11 is 1.58. The second-order valence-corrected chi connectivity index (χ2v) is 6.96. The Labute approximate surface area is 140 Å². The fraction of sp³-hybridized carbons (Fsp3) is 0.471. The van der Waals surface area contributed by atoms with Gasteiger partial charge >= 0.3 is 0 Å². The van der Waals surface area contributed by atoms with Crippen molar-refractivity contribution in [2.45, 2.75) is 26.0 Å². The number of benzene rings is 1. The van der Waals surface area contributed by atoms with E-state index in [1.165, 1.54) is 7.11 Å². The summed E-state index contributed by atoms with van der Waals surface area (Å²) in [6.45, 7) is 4.57. The van der Waals surface area contributed by atoms with E-state index in [2.05, 4.69) is 22.2 Å². The zero-order valence-corrected chi connectivity index (χ0v) is 14.2. The number of nitrogens with zero attached hydrogens (tertiary/aromatic N) is 2. The summed E-state index contributed by atoms with van der Waals surface area (Å²) in [4.78, 5) is 6.93. The van der Waals surface area contributed by atoms with E-state index >= 15 is 0 Å². The van der Waals surface area contributed by atoms with Crippen LogP contribution < -0.4 is 4.74 Å². The van der Waals surface area contributed by atoms with Gasteiger partial charge in [-0.3, -0.25) is 4.90 Å². The number of likely N-dealkylation sites (tertiary alicyclic amines) is 1. The standard InChI is InChI=1S/C17H22N2O3S/c1-11-5-6-19(9-15(11)21)8-13-10-23-17(18-13)12-3-4-14(20)16(7-12)22-2/h3-4,7,10-11,15,20-21H,5-6,8-9H2,1-2H3. The molecule has 23 heavy (non-hydrogen) atoms. The van der Waals surface area contributed by atoms with Gasteiger partial charge in [0.2, 0.25) is 0 Å². The number of rotatable bonds is 4. The van der Waals surface area contributed by atoms with Gasteiger partial charge in [0.1, 0.15) is 5.01 Å². The summed E-state index contributed by atoms with van der Waals surface area (Å²) in [6.07, 6.45) is 0.774. The van der Waals surface area contributed by atoms with E-state index in [0.717, 1.165) is 35.8 Å². The van der Waals surface area contributed by atoms with Gasteiger partial charge in [-0.15, -0.1) is 11.3 Å². The molecule has 0 radical (unpaired) electrons. The number of phenols is 1. The van der Waals surface area contributed by atoms with Crippen molar-refractivity contribution in [3.8, 4) is 22.1 Å². The van der Waals surface area contributed by atoms with Gasteiger partial charge < -0.3 is 14.9 Å². The van der Waals surface area contributed by atoms with Crippen molar-refractivity contribution >= 4 is 11.3 Å². The summed E-state index contributed by atoms with van der Waals surface area (Å²) in [5, 5.41) is 22.6. The van der Waals surface area contributed by atoms with Crippen LogP contribution in [0.5, 0.6) is 11.5 Å². The first-order valence-electron chi connectivity index (χ1n) is 7.79. The molecule has 1 aromatic heterocycles. The molecule has 2 heterocycles. The molecule has 3 rings (SSSR count). The van der Waals surface area contributed by atoms with E-state index in [9.17, 15) is 10.2 Å². The molecule has 0 saturated carbocycles. The van der Waals surface area contributed by atoms with Crippen LogP contribution in [0.4, 0.5) is 0 Å². The molecule has 6 heteroatoms. The highest BCUT2D eigenvalue weighted by Crippen LogP contribution is 2.33. The molecule has 2 atom stereocenters. The van der Waals surface area contributed by atoms with Crippen LogP contribution in [0.2, 0.25) is 0 Å². The molecular weight excluding hydrogens is 312 g/mol. The third kappa shape index (κ3) is 3.65. The summed E-state index contributed by atoms with van der Waals surface area (Å²) < 4.78 is 5.15. The van der Waals surface area contributed by atoms with E-state index in [0.29, 0.717) is 18.2 Å². The summed E-state index contributed by atoms with van der Waals surface area (Å²) in [7, 11) is 1.54. The number of aliphatic hydroxyl groups excluding tert-OH is 1. The summed E-state index contributed by atoms with van der Waals surface area (Å²) in [6, 6.07) is 5.26. The van der Waals surface area contributed by atoms with Gasteiger partial charge in [0.05, 0.1) is 18.9 Å². The highest BCUT2D eigenvalue weighted by Gasteiger charge is 2.24. The van der Waals surface area contributed by atoms with Crippen molar-refractivity contribution < 1.29 is 14.9 Å². The Morgan fingerprint density at radius 1 is 1.43 bits per heavy atom. The normalized spacial score (nSPS) is 22.2. The average Bonchev–Trinajstić information content (AvgIpc) is 3.00. The molecule has 2 aromatic rings. The Balaban J connectivity index is 1.71.